The van der Waals surface area contributed by atoms with Gasteiger partial charge < -0.3 is 4.90 Å². The first kappa shape index (κ1) is 16.6. The van der Waals surface area contributed by atoms with Gasteiger partial charge in [-0.05, 0) is 31.0 Å². The molecular weight excluding hydrogens is 353 g/mol. The second-order valence-electron chi connectivity index (χ2n) is 4.43. The highest BCUT2D eigenvalue weighted by Crippen LogP contribution is 2.24. The zero-order valence-electron chi connectivity index (χ0n) is 10.8. The molecule has 0 aromatic heterocycles. The fraction of sp³-hybridized carbons (Fsp3) is 0.462. The highest BCUT2D eigenvalue weighted by Gasteiger charge is 2.16. The number of nitrogens with zero attached hydrogens (tertiary/aromatic N) is 1. The van der Waals surface area contributed by atoms with Gasteiger partial charge in [-0.15, -0.1) is 0 Å². The minimum Gasteiger partial charge on any atom is -0.358 e. The Hall–Kier alpha value is 0.190. The molecule has 1 aromatic rings. The molecule has 2 rings (SSSR count). The molecule has 0 bridgehead atoms. The lowest BCUT2D eigenvalue weighted by molar-refractivity contribution is 0.539. The molecule has 0 unspecified atom stereocenters. The lowest BCUT2D eigenvalue weighted by Crippen LogP contribution is -2.23. The van der Waals surface area contributed by atoms with Gasteiger partial charge in [-0.25, -0.2) is 0 Å². The van der Waals surface area contributed by atoms with Crippen LogP contribution in [-0.2, 0) is 10.8 Å². The van der Waals surface area contributed by atoms with E-state index in [-0.39, 0.29) is 0 Å². The van der Waals surface area contributed by atoms with Crippen LogP contribution in [0.2, 0.25) is 10.0 Å². The summed E-state index contributed by atoms with van der Waals surface area (Å²) in [6.45, 7) is 2.10. The van der Waals surface area contributed by atoms with Crippen LogP contribution in [0.3, 0.4) is 0 Å². The van der Waals surface area contributed by atoms with E-state index in [9.17, 15) is 4.21 Å². The molecule has 1 aliphatic heterocycles. The molecule has 0 aliphatic carbocycles. The van der Waals surface area contributed by atoms with Gasteiger partial charge in [0.1, 0.15) is 4.32 Å². The van der Waals surface area contributed by atoms with Gasteiger partial charge in [0.15, 0.2) is 0 Å². The largest absolute Gasteiger partial charge is 0.358 e. The van der Waals surface area contributed by atoms with Crippen molar-refractivity contribution < 1.29 is 4.21 Å². The SMILES string of the molecule is O=[S@](CCSC(=S)N1CCCC1)c1cc(Cl)ccc1Cl. The molecule has 1 atom stereocenters. The van der Waals surface area contributed by atoms with Crippen LogP contribution in [0, 0.1) is 0 Å². The van der Waals surface area contributed by atoms with E-state index in [0.717, 1.165) is 23.2 Å². The second-order valence-corrected chi connectivity index (χ2v) is 8.54. The van der Waals surface area contributed by atoms with Crippen LogP contribution in [0.1, 0.15) is 12.8 Å². The molecule has 1 aliphatic rings. The number of benzene rings is 1. The van der Waals surface area contributed by atoms with Crippen molar-refractivity contribution in [2.75, 3.05) is 24.6 Å². The third-order valence-corrected chi connectivity index (χ3v) is 6.86. The van der Waals surface area contributed by atoms with E-state index in [4.69, 9.17) is 35.4 Å². The fourth-order valence-electron chi connectivity index (χ4n) is 1.96. The number of hydrogen-bond acceptors (Lipinski definition) is 3. The summed E-state index contributed by atoms with van der Waals surface area (Å²) in [4.78, 5) is 2.82. The third kappa shape index (κ3) is 4.60. The molecule has 1 aromatic carbocycles. The molecule has 1 heterocycles. The van der Waals surface area contributed by atoms with Crippen LogP contribution < -0.4 is 0 Å². The summed E-state index contributed by atoms with van der Waals surface area (Å²) in [5.41, 5.74) is 0. The maximum absolute atomic E-state index is 12.2. The van der Waals surface area contributed by atoms with Gasteiger partial charge in [-0.2, -0.15) is 0 Å². The average Bonchev–Trinajstić information content (AvgIpc) is 2.95. The topological polar surface area (TPSA) is 20.3 Å². The van der Waals surface area contributed by atoms with E-state index >= 15 is 0 Å². The van der Waals surface area contributed by atoms with Crippen molar-refractivity contribution in [3.8, 4) is 0 Å². The molecule has 1 fully saturated rings. The number of hydrogen-bond donors (Lipinski definition) is 0. The van der Waals surface area contributed by atoms with Crippen molar-refractivity contribution in [1.29, 1.82) is 0 Å². The van der Waals surface area contributed by atoms with E-state index < -0.39 is 10.8 Å². The molecule has 0 N–H and O–H groups in total. The molecule has 2 nitrogen and oxygen atoms in total. The average molecular weight is 368 g/mol. The summed E-state index contributed by atoms with van der Waals surface area (Å²) in [6, 6.07) is 5.05. The zero-order chi connectivity index (χ0) is 14.5. The molecule has 20 heavy (non-hydrogen) atoms. The Kier molecular flexibility index (Phi) is 6.62. The summed E-state index contributed by atoms with van der Waals surface area (Å²) in [6.07, 6.45) is 2.43. The van der Waals surface area contributed by atoms with Crippen LogP contribution in [0.4, 0.5) is 0 Å². The molecule has 0 saturated carbocycles. The second kappa shape index (κ2) is 7.99. The van der Waals surface area contributed by atoms with Gasteiger partial charge >= 0.3 is 0 Å². The maximum atomic E-state index is 12.2. The quantitative estimate of drug-likeness (QED) is 0.742. The minimum atomic E-state index is -1.14. The van der Waals surface area contributed by atoms with Crippen molar-refractivity contribution in [2.45, 2.75) is 17.7 Å². The van der Waals surface area contributed by atoms with Crippen LogP contribution in [-0.4, -0.2) is 38.0 Å². The van der Waals surface area contributed by atoms with Crippen molar-refractivity contribution in [2.24, 2.45) is 0 Å². The Morgan fingerprint density at radius 2 is 2.05 bits per heavy atom. The fourth-order valence-corrected chi connectivity index (χ4v) is 5.24. The van der Waals surface area contributed by atoms with Gasteiger partial charge in [-0.1, -0.05) is 47.2 Å². The van der Waals surface area contributed by atoms with Crippen molar-refractivity contribution in [3.05, 3.63) is 28.2 Å². The first-order chi connectivity index (χ1) is 9.58. The van der Waals surface area contributed by atoms with Gasteiger partial charge in [0, 0.05) is 29.6 Å². The predicted molar refractivity (Wildman–Crippen MR) is 93.6 cm³/mol. The van der Waals surface area contributed by atoms with E-state index in [1.807, 2.05) is 0 Å². The lowest BCUT2D eigenvalue weighted by Gasteiger charge is -2.17. The van der Waals surface area contributed by atoms with E-state index in [0.29, 0.717) is 20.7 Å². The Morgan fingerprint density at radius 3 is 2.75 bits per heavy atom. The third-order valence-electron chi connectivity index (χ3n) is 3.00. The number of halogens is 2. The van der Waals surface area contributed by atoms with Gasteiger partial charge in [-0.3, -0.25) is 4.21 Å². The number of thiocarbonyl (C=S) groups is 1. The summed E-state index contributed by atoms with van der Waals surface area (Å²) < 4.78 is 13.1. The first-order valence-corrected chi connectivity index (χ1v) is 9.80. The zero-order valence-corrected chi connectivity index (χ0v) is 14.8. The number of likely N-dealkylation sites (tertiary alicyclic amines) is 1. The highest BCUT2D eigenvalue weighted by molar-refractivity contribution is 8.23. The molecule has 0 radical (unpaired) electrons. The molecule has 1 saturated heterocycles. The Balaban J connectivity index is 1.83. The molecular formula is C13H15Cl2NOS3. The maximum Gasteiger partial charge on any atom is 0.136 e. The molecule has 0 amide bonds. The summed E-state index contributed by atoms with van der Waals surface area (Å²) in [5.74, 6) is 1.25. The lowest BCUT2D eigenvalue weighted by atomic mass is 10.4. The summed E-state index contributed by atoms with van der Waals surface area (Å²) >= 11 is 18.9. The summed E-state index contributed by atoms with van der Waals surface area (Å²) in [7, 11) is -1.14. The van der Waals surface area contributed by atoms with Crippen LogP contribution in [0.5, 0.6) is 0 Å². The molecule has 0 spiro atoms. The predicted octanol–water partition coefficient (Wildman–Crippen LogP) is 4.21. The monoisotopic (exact) mass is 367 g/mol. The minimum absolute atomic E-state index is 0.500. The summed E-state index contributed by atoms with van der Waals surface area (Å²) in [5, 5.41) is 1.05. The Labute approximate surface area is 141 Å². The smallest absolute Gasteiger partial charge is 0.136 e. The van der Waals surface area contributed by atoms with Gasteiger partial charge in [0.05, 0.1) is 20.7 Å². The van der Waals surface area contributed by atoms with Crippen LogP contribution in [0.15, 0.2) is 23.1 Å². The van der Waals surface area contributed by atoms with E-state index in [1.54, 1.807) is 30.0 Å². The number of thioether (sulfide) groups is 1. The Morgan fingerprint density at radius 1 is 1.35 bits per heavy atom. The number of rotatable bonds is 4. The normalized spacial score (nSPS) is 16.4. The van der Waals surface area contributed by atoms with E-state index in [1.165, 1.54) is 12.8 Å². The van der Waals surface area contributed by atoms with Gasteiger partial charge in [0.25, 0.3) is 0 Å². The van der Waals surface area contributed by atoms with Crippen molar-refractivity contribution >= 4 is 62.3 Å². The van der Waals surface area contributed by atoms with E-state index in [2.05, 4.69) is 4.90 Å². The van der Waals surface area contributed by atoms with Crippen LogP contribution in [0.25, 0.3) is 0 Å². The molecule has 7 heteroatoms. The highest BCUT2D eigenvalue weighted by atomic mass is 35.5. The van der Waals surface area contributed by atoms with Crippen LogP contribution >= 0.6 is 47.2 Å². The Bertz CT molecular complexity index is 518. The first-order valence-electron chi connectivity index (χ1n) is 6.33. The van der Waals surface area contributed by atoms with Crippen molar-refractivity contribution in [3.63, 3.8) is 0 Å². The van der Waals surface area contributed by atoms with Crippen molar-refractivity contribution in [1.82, 2.24) is 4.90 Å². The standard InChI is InChI=1S/C13H15Cl2NOS3/c14-10-3-4-11(15)12(9-10)20(17)8-7-19-13(18)16-5-1-2-6-16/h3-4,9H,1-2,5-8H2/t20-/m1/s1. The molecule has 110 valence electrons. The van der Waals surface area contributed by atoms with Gasteiger partial charge in [0.2, 0.25) is 0 Å².